The van der Waals surface area contributed by atoms with Gasteiger partial charge in [-0.25, -0.2) is 0 Å². The van der Waals surface area contributed by atoms with E-state index >= 15 is 0 Å². The molecule has 622 valence electrons. The van der Waals surface area contributed by atoms with Gasteiger partial charge >= 0.3 is 0 Å². The lowest BCUT2D eigenvalue weighted by Crippen LogP contribution is -2.60. The van der Waals surface area contributed by atoms with Gasteiger partial charge in [-0.15, -0.1) is 8.58 Å². The lowest BCUT2D eigenvalue weighted by atomic mass is 9.44. The van der Waals surface area contributed by atoms with Crippen molar-refractivity contribution in [3.63, 3.8) is 0 Å². The molecule has 0 spiro atoms. The first-order valence-corrected chi connectivity index (χ1v) is 41.2. The Kier molecular flexibility index (Phi) is 70.3. The van der Waals surface area contributed by atoms with Crippen molar-refractivity contribution in [2.75, 3.05) is 6.66 Å². The van der Waals surface area contributed by atoms with Crippen LogP contribution in [-0.4, -0.2) is 11.8 Å². The van der Waals surface area contributed by atoms with Gasteiger partial charge in [0.05, 0.1) is 0 Å². The molecular weight excluding hydrogens is 1800 g/mol. The van der Waals surface area contributed by atoms with Gasteiger partial charge in [0.1, 0.15) is 0 Å². The molecule has 0 radical (unpaired) electrons. The van der Waals surface area contributed by atoms with E-state index in [1.807, 2.05) is 0 Å². The van der Waals surface area contributed by atoms with Gasteiger partial charge in [0, 0.05) is 486 Å². The molecule has 7 atom stereocenters. The van der Waals surface area contributed by atoms with Crippen LogP contribution in [0.4, 0.5) is 0 Å². The second-order valence-corrected chi connectivity index (χ2v) is 24.2. The molecule has 0 N–H and O–H groups in total. The highest BCUT2D eigenvalue weighted by Crippen LogP contribution is 2.70. The molecule has 0 aliphatic heterocycles. The Bertz CT molecular complexity index is 11900. The molecule has 2 aliphatic carbocycles. The van der Waals surface area contributed by atoms with Gasteiger partial charge in [0.15, 0.2) is 0 Å². The lowest BCUT2D eigenvalue weighted by Gasteiger charge is -2.64. The zero-order chi connectivity index (χ0) is 106. The van der Waals surface area contributed by atoms with E-state index in [0.29, 0.717) is 8.58 Å². The predicted octanol–water partition coefficient (Wildman–Crippen LogP) is 25.3. The number of allylic oxidation sites excluding steroid dienone is 3. The zero-order valence-corrected chi connectivity index (χ0v) is 78.9. The normalized spacial score (nSPS) is 10.1. The second kappa shape index (κ2) is 90.2. The highest BCUT2D eigenvalue weighted by molar-refractivity contribution is 7.39. The fraction of sp³-hybridized carbons (Fsp3) is 0.0816. The van der Waals surface area contributed by atoms with Crippen molar-refractivity contribution in [3.05, 3.63) is 776 Å². The minimum absolute atomic E-state index is 0.0530. The third kappa shape index (κ3) is 63.3. The third-order valence-electron chi connectivity index (χ3n) is 14.8. The van der Waals surface area contributed by atoms with E-state index in [-0.39, 0.29) is 23.7 Å². The maximum absolute atomic E-state index is 3.54. The Morgan fingerprint density at radius 3 is 0.318 bits per heavy atom. The summed E-state index contributed by atoms with van der Waals surface area (Å²) < 4.78 is 0. The van der Waals surface area contributed by atoms with E-state index in [0.717, 1.165) is 16.7 Å². The van der Waals surface area contributed by atoms with Crippen molar-refractivity contribution in [3.8, 4) is 0 Å². The summed E-state index contributed by atoms with van der Waals surface area (Å²) in [7, 11) is 0.395. The van der Waals surface area contributed by atoms with E-state index in [4.69, 9.17) is 0 Å². The maximum Gasteiger partial charge on any atom is 0.0308 e. The summed E-state index contributed by atoms with van der Waals surface area (Å²) in [6, 6.07) is 0. The SMILES string of the molecule is C=C=C=C=C=C=C=C=C=C=C=C=C=C=C=C=C=C=C=C=C=C=C=C=C=C=C=C=C=C=C=C=C=C=C=C=C=C=C=C=C=C=C=C=C=C=C=C=C=C=C=C=C=C=C=C=C=C=C=C=C=C=C=C=C=C=C=C=C=C=C=C=C=C=C=C=C=C1C(C)[C@]2(PC)C(=C=C=C=C=C=C=C=C=C=C=C=C=C=C=C=C=C=C=C=C=C=C=C=C=C=C=C=C=C=C=C=C=C=C=C=C=C=C=C=C=C=C=C=C)[C@](C)(C1C)[C@H](C)C(=C=C=C=C=C=C=C=C=C=C=C)[C@@H]2C. The van der Waals surface area contributed by atoms with Crippen molar-refractivity contribution < 1.29 is 0 Å². The van der Waals surface area contributed by atoms with Crippen LogP contribution < -0.4 is 0 Å². The first-order valence-electron chi connectivity index (χ1n) is 39.7. The summed E-state index contributed by atoms with van der Waals surface area (Å²) in [6.45, 7) is 23.2. The van der Waals surface area contributed by atoms with Crippen LogP contribution in [0.1, 0.15) is 34.6 Å². The number of fused-ring (bicyclic) bond motifs is 2. The van der Waals surface area contributed by atoms with E-state index in [1.165, 1.54) is 0 Å². The van der Waals surface area contributed by atoms with Crippen LogP contribution in [0.5, 0.6) is 0 Å². The van der Waals surface area contributed by atoms with Crippen LogP contribution in [0.25, 0.3) is 0 Å². The number of hydrogen-bond acceptors (Lipinski definition) is 0. The predicted molar refractivity (Wildman–Crippen MR) is 542 cm³/mol. The van der Waals surface area contributed by atoms with Crippen molar-refractivity contribution in [1.82, 2.24) is 0 Å². The Balaban J connectivity index is 2.55. The van der Waals surface area contributed by atoms with E-state index in [9.17, 15) is 0 Å². The summed E-state index contributed by atoms with van der Waals surface area (Å²) in [6.07, 6.45) is 0. The van der Waals surface area contributed by atoms with Crippen LogP contribution in [0.15, 0.2) is 776 Å². The van der Waals surface area contributed by atoms with Crippen LogP contribution in [0, 0.1) is 29.1 Å². The topological polar surface area (TPSA) is 0 Å². The number of rotatable bonds is 1. The fourth-order valence-electron chi connectivity index (χ4n) is 9.27. The van der Waals surface area contributed by atoms with E-state index < -0.39 is 10.6 Å². The van der Waals surface area contributed by atoms with Gasteiger partial charge in [-0.1, -0.05) is 69.0 Å². The van der Waals surface area contributed by atoms with Crippen LogP contribution in [0.3, 0.4) is 0 Å². The molecule has 2 saturated carbocycles. The van der Waals surface area contributed by atoms with Gasteiger partial charge in [-0.05, 0) is 296 Å². The quantitative estimate of drug-likeness (QED) is 0.181. The smallest absolute Gasteiger partial charge is 0.0308 e. The van der Waals surface area contributed by atoms with Gasteiger partial charge in [-0.2, -0.15) is 0 Å². The molecule has 0 aromatic rings. The summed E-state index contributed by atoms with van der Waals surface area (Å²) in [5.74, 6) is -0.273. The molecule has 2 bridgehead atoms. The monoisotopic (exact) mass is 1820 g/mol. The maximum atomic E-state index is 3.54. The highest BCUT2D eigenvalue weighted by Gasteiger charge is 2.64. The molecule has 3 unspecified atom stereocenters. The molecule has 0 amide bonds. The molecule has 2 aliphatic rings. The average Bonchev–Trinajstić information content (AvgIpc) is 0.682. The summed E-state index contributed by atoms with van der Waals surface area (Å²) >= 11 is 0. The molecule has 148 heavy (non-hydrogen) atoms. The third-order valence-corrected chi connectivity index (χ3v) is 16.7. The largest absolute Gasteiger partial charge is 0.113 e. The summed E-state index contributed by atoms with van der Waals surface area (Å²) in [4.78, 5) is 0. The van der Waals surface area contributed by atoms with Gasteiger partial charge in [0.2, 0.25) is 0 Å². The molecule has 0 aromatic heterocycles. The molecule has 0 nitrogen and oxygen atoms in total. The van der Waals surface area contributed by atoms with Crippen molar-refractivity contribution >= 4 is 8.58 Å². The lowest BCUT2D eigenvalue weighted by molar-refractivity contribution is 0.0951. The molecule has 0 aromatic carbocycles. The Hall–Kier alpha value is -28.7. The van der Waals surface area contributed by atoms with Crippen LogP contribution in [0.2, 0.25) is 0 Å². The highest BCUT2D eigenvalue weighted by atomic mass is 31.1. The van der Waals surface area contributed by atoms with Gasteiger partial charge in [0.25, 0.3) is 0 Å². The Morgan fingerprint density at radius 2 is 0.223 bits per heavy atom. The fourth-order valence-corrected chi connectivity index (χ4v) is 11.0. The molecule has 0 heterocycles. The van der Waals surface area contributed by atoms with E-state index in [1.54, 1.807) is 0 Å². The molecule has 2 fully saturated rings. The van der Waals surface area contributed by atoms with Crippen LogP contribution in [-0.2, 0) is 0 Å². The minimum Gasteiger partial charge on any atom is -0.113 e. The Labute approximate surface area is 853 Å². The van der Waals surface area contributed by atoms with Crippen molar-refractivity contribution in [2.45, 2.75) is 39.8 Å². The molecule has 2 rings (SSSR count). The first kappa shape index (κ1) is 115. The second-order valence-electron chi connectivity index (χ2n) is 22.9. The average molecular weight is 1830 g/mol. The zero-order valence-electron chi connectivity index (χ0n) is 77.9. The minimum atomic E-state index is -0.529. The van der Waals surface area contributed by atoms with E-state index in [2.05, 4.69) is 800 Å². The molecule has 0 saturated heterocycles. The first-order chi connectivity index (χ1) is 73.3. The van der Waals surface area contributed by atoms with Crippen molar-refractivity contribution in [2.24, 2.45) is 29.1 Å². The molecular formula is C147H29P. The molecule has 1 heteroatoms. The van der Waals surface area contributed by atoms with Gasteiger partial charge < -0.3 is 0 Å². The summed E-state index contributed by atoms with van der Waals surface area (Å²) in [5.41, 5.74) is 335. The van der Waals surface area contributed by atoms with Crippen LogP contribution >= 0.6 is 8.58 Å². The van der Waals surface area contributed by atoms with Gasteiger partial charge in [-0.3, -0.25) is 0 Å². The van der Waals surface area contributed by atoms with Crippen molar-refractivity contribution in [1.29, 1.82) is 0 Å². The standard InChI is InChI=1S/C147H29P/c1-10-13-16-19-22-25-27-29-31-33-35-37-39-41-43-45-47-49-51-53-55-57-59-60-61-62-63-64-65-66-67-68-69-70-71-72-73-74-75-76-77-78-79-80-81-82-83-84-85-86-87-88-89-90-91-92-94-96-98-100-102-104-106-108-110-112-114-116-118-120-122-125-128-131-134-137-144-140(5)146(8)139(4)143(136-133-130-127-124-24-21-18-15-12-3)141(6)147(148-9,142(144)7)145(146)138-135-132-129-126-123-121-119-117-115-113-111-109-107-105-103-101-99-97-95-93-58-56-54-52-50-48-46-44-42-40-38-36-34-32-30-28-26-23-20-17-14-11-2/h139-142,148H,1-3H2,4-9H3/t139-,140?,141+,142?,146+,147+/m1/s1. The Morgan fingerprint density at radius 1 is 0.135 bits per heavy atom. The number of hydrogen-bond donors (Lipinski definition) is 0. The summed E-state index contributed by atoms with van der Waals surface area (Å²) in [5, 5.41) is -0.468.